The first-order valence-electron chi connectivity index (χ1n) is 3.77. The lowest BCUT2D eigenvalue weighted by atomic mass is 10.4. The molecule has 1 heterocycles. The van der Waals surface area contributed by atoms with Crippen molar-refractivity contribution in [1.82, 2.24) is 5.32 Å². The van der Waals surface area contributed by atoms with Gasteiger partial charge in [-0.25, -0.2) is 0 Å². The highest BCUT2D eigenvalue weighted by atomic mass is 35.5. The van der Waals surface area contributed by atoms with Crippen LogP contribution in [-0.2, 0) is 0 Å². The molecule has 1 rings (SSSR count). The van der Waals surface area contributed by atoms with Crippen LogP contribution in [0.25, 0.3) is 0 Å². The molecule has 0 aliphatic carbocycles. The second-order valence-corrected chi connectivity index (χ2v) is 3.14. The topological polar surface area (TPSA) is 42.2 Å². The lowest BCUT2D eigenvalue weighted by Crippen LogP contribution is -2.23. The van der Waals surface area contributed by atoms with E-state index in [4.69, 9.17) is 16.0 Å². The molecule has 0 radical (unpaired) electrons. The molecular weight excluding hydrogens is 190 g/mol. The summed E-state index contributed by atoms with van der Waals surface area (Å²) in [6.07, 6.45) is 0. The highest BCUT2D eigenvalue weighted by molar-refractivity contribution is 6.29. The molecule has 0 aliphatic heterocycles. The predicted octanol–water partition coefficient (Wildman–Crippen LogP) is 2.07. The zero-order chi connectivity index (χ0) is 9.84. The minimum Gasteiger partial charge on any atom is -0.456 e. The maximum atomic E-state index is 11.3. The Labute approximate surface area is 81.4 Å². The van der Waals surface area contributed by atoms with Gasteiger partial charge in [-0.3, -0.25) is 4.79 Å². The molecule has 0 unspecified atom stereocenters. The predicted molar refractivity (Wildman–Crippen MR) is 50.8 cm³/mol. The van der Waals surface area contributed by atoms with Gasteiger partial charge in [0.25, 0.3) is 5.91 Å². The van der Waals surface area contributed by atoms with Crippen LogP contribution in [0.5, 0.6) is 0 Å². The van der Waals surface area contributed by atoms with Crippen molar-refractivity contribution >= 4 is 17.5 Å². The van der Waals surface area contributed by atoms with Crippen LogP contribution in [0.3, 0.4) is 0 Å². The van der Waals surface area contributed by atoms with Gasteiger partial charge in [-0.1, -0.05) is 18.2 Å². The molecule has 1 N–H and O–H groups in total. The Bertz CT molecular complexity index is 330. The summed E-state index contributed by atoms with van der Waals surface area (Å²) in [6.45, 7) is 5.47. The van der Waals surface area contributed by atoms with Crippen LogP contribution in [-0.4, -0.2) is 12.5 Å². The summed E-state index contributed by atoms with van der Waals surface area (Å²) in [5.41, 5.74) is 0. The second-order valence-electron chi connectivity index (χ2n) is 2.61. The molecule has 0 atom stereocenters. The number of rotatable bonds is 3. The average molecular weight is 200 g/mol. The third kappa shape index (κ3) is 2.95. The van der Waals surface area contributed by atoms with Gasteiger partial charge in [0.1, 0.15) is 5.76 Å². The minimum atomic E-state index is -0.282. The summed E-state index contributed by atoms with van der Waals surface area (Å²) in [6, 6.07) is 3.34. The molecule has 0 saturated heterocycles. The number of halogens is 1. The Hall–Kier alpha value is -1.22. The van der Waals surface area contributed by atoms with Crippen molar-refractivity contribution < 1.29 is 9.21 Å². The van der Waals surface area contributed by atoms with E-state index in [1.165, 1.54) is 0 Å². The van der Waals surface area contributed by atoms with Crippen molar-refractivity contribution in [2.75, 3.05) is 6.54 Å². The number of aryl methyl sites for hydroxylation is 1. The zero-order valence-electron chi connectivity index (χ0n) is 7.26. The summed E-state index contributed by atoms with van der Waals surface area (Å²) in [5.74, 6) is 0.708. The number of amides is 1. The maximum Gasteiger partial charge on any atom is 0.287 e. The normalized spacial score (nSPS) is 9.69. The Kier molecular flexibility index (Phi) is 3.14. The molecule has 3 nitrogen and oxygen atoms in total. The fraction of sp³-hybridized carbons (Fsp3) is 0.222. The quantitative estimate of drug-likeness (QED) is 0.810. The lowest BCUT2D eigenvalue weighted by molar-refractivity contribution is 0.0929. The molecule has 0 aliphatic rings. The van der Waals surface area contributed by atoms with Gasteiger partial charge in [0, 0.05) is 5.03 Å². The van der Waals surface area contributed by atoms with E-state index in [1.807, 2.05) is 0 Å². The smallest absolute Gasteiger partial charge is 0.287 e. The Morgan fingerprint density at radius 3 is 2.85 bits per heavy atom. The summed E-state index contributed by atoms with van der Waals surface area (Å²) in [7, 11) is 0. The molecule has 0 saturated carbocycles. The van der Waals surface area contributed by atoms with Gasteiger partial charge in [-0.05, 0) is 19.1 Å². The summed E-state index contributed by atoms with van der Waals surface area (Å²) < 4.78 is 5.09. The Morgan fingerprint density at radius 2 is 2.38 bits per heavy atom. The number of nitrogens with one attached hydrogen (secondary N) is 1. The SMILES string of the molecule is C=C(Cl)CNC(=O)c1ccc(C)o1. The monoisotopic (exact) mass is 199 g/mol. The van der Waals surface area contributed by atoms with Gasteiger partial charge in [-0.2, -0.15) is 0 Å². The van der Waals surface area contributed by atoms with Crippen LogP contribution < -0.4 is 5.32 Å². The number of furan rings is 1. The standard InChI is InChI=1S/C9H10ClNO2/c1-6(10)5-11-9(12)8-4-3-7(2)13-8/h3-4H,1,5H2,2H3,(H,11,12). The molecule has 0 fully saturated rings. The Morgan fingerprint density at radius 1 is 1.69 bits per heavy atom. The van der Waals surface area contributed by atoms with E-state index in [0.29, 0.717) is 10.8 Å². The average Bonchev–Trinajstić information content (AvgIpc) is 2.47. The molecule has 13 heavy (non-hydrogen) atoms. The van der Waals surface area contributed by atoms with E-state index in [2.05, 4.69) is 11.9 Å². The van der Waals surface area contributed by atoms with E-state index in [-0.39, 0.29) is 18.2 Å². The largest absolute Gasteiger partial charge is 0.456 e. The first-order chi connectivity index (χ1) is 6.09. The van der Waals surface area contributed by atoms with Crippen molar-refractivity contribution in [3.05, 3.63) is 35.3 Å². The van der Waals surface area contributed by atoms with Gasteiger partial charge < -0.3 is 9.73 Å². The minimum absolute atomic E-state index is 0.250. The van der Waals surface area contributed by atoms with Crippen LogP contribution in [0.2, 0.25) is 0 Å². The van der Waals surface area contributed by atoms with Crippen molar-refractivity contribution in [2.24, 2.45) is 0 Å². The van der Waals surface area contributed by atoms with E-state index < -0.39 is 0 Å². The van der Waals surface area contributed by atoms with Crippen LogP contribution >= 0.6 is 11.6 Å². The van der Waals surface area contributed by atoms with Gasteiger partial charge in [-0.15, -0.1) is 0 Å². The third-order valence-corrected chi connectivity index (χ3v) is 1.54. The molecule has 1 amide bonds. The van der Waals surface area contributed by atoms with Crippen molar-refractivity contribution in [3.8, 4) is 0 Å². The molecule has 0 spiro atoms. The highest BCUT2D eigenvalue weighted by Crippen LogP contribution is 2.05. The van der Waals surface area contributed by atoms with Gasteiger partial charge >= 0.3 is 0 Å². The van der Waals surface area contributed by atoms with Gasteiger partial charge in [0.2, 0.25) is 0 Å². The number of hydrogen-bond donors (Lipinski definition) is 1. The molecule has 0 aromatic carbocycles. The number of carbonyl (C=O) groups is 1. The van der Waals surface area contributed by atoms with Gasteiger partial charge in [0.15, 0.2) is 5.76 Å². The molecular formula is C9H10ClNO2. The summed E-state index contributed by atoms with van der Waals surface area (Å²) >= 11 is 5.47. The highest BCUT2D eigenvalue weighted by Gasteiger charge is 2.08. The van der Waals surface area contributed by atoms with Crippen LogP contribution in [0.1, 0.15) is 16.3 Å². The lowest BCUT2D eigenvalue weighted by Gasteiger charge is -1.99. The fourth-order valence-corrected chi connectivity index (χ4v) is 0.887. The molecule has 1 aromatic heterocycles. The van der Waals surface area contributed by atoms with Crippen LogP contribution in [0, 0.1) is 6.92 Å². The first-order valence-corrected chi connectivity index (χ1v) is 4.15. The van der Waals surface area contributed by atoms with E-state index in [0.717, 1.165) is 0 Å². The van der Waals surface area contributed by atoms with E-state index >= 15 is 0 Å². The molecule has 1 aromatic rings. The van der Waals surface area contributed by atoms with Crippen LogP contribution in [0.15, 0.2) is 28.2 Å². The molecule has 0 bridgehead atoms. The van der Waals surface area contributed by atoms with Crippen molar-refractivity contribution in [1.29, 1.82) is 0 Å². The van der Waals surface area contributed by atoms with Gasteiger partial charge in [0.05, 0.1) is 6.54 Å². The van der Waals surface area contributed by atoms with Crippen molar-refractivity contribution in [3.63, 3.8) is 0 Å². The zero-order valence-corrected chi connectivity index (χ0v) is 8.02. The van der Waals surface area contributed by atoms with Crippen LogP contribution in [0.4, 0.5) is 0 Å². The maximum absolute atomic E-state index is 11.3. The van der Waals surface area contributed by atoms with E-state index in [1.54, 1.807) is 19.1 Å². The van der Waals surface area contributed by atoms with Crippen molar-refractivity contribution in [2.45, 2.75) is 6.92 Å². The molecule has 4 heteroatoms. The Balaban J connectivity index is 2.54. The third-order valence-electron chi connectivity index (χ3n) is 1.40. The molecule has 70 valence electrons. The second kappa shape index (κ2) is 4.14. The summed E-state index contributed by atoms with van der Waals surface area (Å²) in [4.78, 5) is 11.3. The van der Waals surface area contributed by atoms with E-state index in [9.17, 15) is 4.79 Å². The fourth-order valence-electron chi connectivity index (χ4n) is 0.820. The summed E-state index contributed by atoms with van der Waals surface area (Å²) in [5, 5.41) is 2.93. The first kappa shape index (κ1) is 9.86. The number of hydrogen-bond acceptors (Lipinski definition) is 2. The number of carbonyl (C=O) groups excluding carboxylic acids is 1.